The van der Waals surface area contributed by atoms with E-state index in [1.54, 1.807) is 9.47 Å². The van der Waals surface area contributed by atoms with Crippen LogP contribution >= 0.6 is 0 Å². The molecule has 2 aliphatic rings. The van der Waals surface area contributed by atoms with Crippen LogP contribution in [0.4, 0.5) is 0 Å². The molecular formula is C22H33N3O5. The Morgan fingerprint density at radius 1 is 1.13 bits per heavy atom. The van der Waals surface area contributed by atoms with Crippen LogP contribution in [0.25, 0.3) is 0 Å². The van der Waals surface area contributed by atoms with Gasteiger partial charge in [-0.3, -0.25) is 9.59 Å². The van der Waals surface area contributed by atoms with Crippen molar-refractivity contribution in [2.75, 3.05) is 40.4 Å². The van der Waals surface area contributed by atoms with Crippen LogP contribution < -0.4 is 10.3 Å². The lowest BCUT2D eigenvalue weighted by Crippen LogP contribution is -2.49. The number of nitrogens with zero attached hydrogens (tertiary/aromatic N) is 3. The second-order valence-electron chi connectivity index (χ2n) is 8.50. The first-order valence-corrected chi connectivity index (χ1v) is 10.8. The molecule has 0 radical (unpaired) electrons. The maximum atomic E-state index is 13.7. The molecule has 8 nitrogen and oxygen atoms in total. The van der Waals surface area contributed by atoms with Gasteiger partial charge >= 0.3 is 5.97 Å². The fourth-order valence-corrected chi connectivity index (χ4v) is 4.58. The Morgan fingerprint density at radius 2 is 1.90 bits per heavy atom. The first-order chi connectivity index (χ1) is 14.4. The highest BCUT2D eigenvalue weighted by atomic mass is 16.5. The van der Waals surface area contributed by atoms with Gasteiger partial charge in [0.15, 0.2) is 0 Å². The molecule has 1 saturated heterocycles. The summed E-state index contributed by atoms with van der Waals surface area (Å²) in [5.74, 6) is 0.141. The summed E-state index contributed by atoms with van der Waals surface area (Å²) < 4.78 is 12.1. The molecule has 0 aliphatic carbocycles. The third-order valence-electron chi connectivity index (χ3n) is 5.98. The second-order valence-corrected chi connectivity index (χ2v) is 8.50. The van der Waals surface area contributed by atoms with Crippen LogP contribution in [0.3, 0.4) is 0 Å². The molecule has 1 atom stereocenters. The number of hydrogen-bond acceptors (Lipinski definition) is 6. The molecule has 2 aliphatic heterocycles. The van der Waals surface area contributed by atoms with Crippen LogP contribution in [0.1, 0.15) is 49.2 Å². The van der Waals surface area contributed by atoms with E-state index in [2.05, 4.69) is 18.7 Å². The van der Waals surface area contributed by atoms with Gasteiger partial charge in [0.25, 0.3) is 11.5 Å². The van der Waals surface area contributed by atoms with Gasteiger partial charge in [-0.05, 0) is 25.2 Å². The highest BCUT2D eigenvalue weighted by molar-refractivity contribution is 6.00. The summed E-state index contributed by atoms with van der Waals surface area (Å²) in [6.07, 6.45) is 2.87. The Labute approximate surface area is 177 Å². The number of carbonyl (C=O) groups is 2. The molecular weight excluding hydrogens is 386 g/mol. The second kappa shape index (κ2) is 9.64. The van der Waals surface area contributed by atoms with E-state index in [4.69, 9.17) is 9.47 Å². The summed E-state index contributed by atoms with van der Waals surface area (Å²) in [4.78, 5) is 42.7. The Hall–Kier alpha value is -2.35. The van der Waals surface area contributed by atoms with Gasteiger partial charge in [-0.25, -0.2) is 4.79 Å². The molecule has 0 N–H and O–H groups in total. The SMILES string of the molecule is COC(=O)[C@H]1CCCCN1C(=O)c1c(OC)cc(=O)n2c1CCN(CC(C)C)CC2. The van der Waals surface area contributed by atoms with E-state index in [1.165, 1.54) is 20.3 Å². The molecule has 166 valence electrons. The van der Waals surface area contributed by atoms with Crippen molar-refractivity contribution >= 4 is 11.9 Å². The number of methoxy groups -OCH3 is 2. The van der Waals surface area contributed by atoms with Crippen LogP contribution in [0.15, 0.2) is 10.9 Å². The number of esters is 1. The van der Waals surface area contributed by atoms with Gasteiger partial charge < -0.3 is 23.8 Å². The number of amides is 1. The zero-order valence-electron chi connectivity index (χ0n) is 18.5. The van der Waals surface area contributed by atoms with E-state index in [0.717, 1.165) is 32.5 Å². The molecule has 1 amide bonds. The van der Waals surface area contributed by atoms with E-state index in [0.29, 0.717) is 43.1 Å². The molecule has 3 heterocycles. The fourth-order valence-electron chi connectivity index (χ4n) is 4.58. The lowest BCUT2D eigenvalue weighted by Gasteiger charge is -2.34. The average Bonchev–Trinajstić information content (AvgIpc) is 2.95. The largest absolute Gasteiger partial charge is 0.496 e. The zero-order valence-corrected chi connectivity index (χ0v) is 18.5. The molecule has 1 aromatic rings. The van der Waals surface area contributed by atoms with Gasteiger partial charge in [0.05, 0.1) is 14.2 Å². The van der Waals surface area contributed by atoms with Crippen LogP contribution in [-0.4, -0.2) is 72.7 Å². The van der Waals surface area contributed by atoms with Crippen molar-refractivity contribution in [3.63, 3.8) is 0 Å². The minimum atomic E-state index is -0.600. The van der Waals surface area contributed by atoms with Crippen LogP contribution in [0.2, 0.25) is 0 Å². The first kappa shape index (κ1) is 22.3. The average molecular weight is 420 g/mol. The number of ether oxygens (including phenoxy) is 2. The molecule has 1 aromatic heterocycles. The standard InChI is InChI=1S/C22H33N3O5/c1-15(2)14-23-10-8-16-20(18(29-3)13-19(26)24(16)12-11-23)21(27)25-9-6-5-7-17(25)22(28)30-4/h13,15,17H,5-12,14H2,1-4H3/t17-/m1/s1. The zero-order chi connectivity index (χ0) is 21.8. The maximum absolute atomic E-state index is 13.7. The monoisotopic (exact) mass is 419 g/mol. The Morgan fingerprint density at radius 3 is 2.57 bits per heavy atom. The van der Waals surface area contributed by atoms with E-state index < -0.39 is 12.0 Å². The van der Waals surface area contributed by atoms with E-state index in [-0.39, 0.29) is 17.2 Å². The fraction of sp³-hybridized carbons (Fsp3) is 0.682. The van der Waals surface area contributed by atoms with E-state index in [1.807, 2.05) is 0 Å². The topological polar surface area (TPSA) is 81.1 Å². The summed E-state index contributed by atoms with van der Waals surface area (Å²) in [7, 11) is 2.82. The number of piperidine rings is 1. The normalized spacial score (nSPS) is 19.9. The molecule has 3 rings (SSSR count). The summed E-state index contributed by atoms with van der Waals surface area (Å²) in [5.41, 5.74) is 0.942. The number of carbonyl (C=O) groups excluding carboxylic acids is 2. The maximum Gasteiger partial charge on any atom is 0.328 e. The summed E-state index contributed by atoms with van der Waals surface area (Å²) in [6, 6.07) is 0.795. The van der Waals surface area contributed by atoms with E-state index >= 15 is 0 Å². The van der Waals surface area contributed by atoms with E-state index in [9.17, 15) is 14.4 Å². The Bertz CT molecular complexity index is 848. The Kier molecular flexibility index (Phi) is 7.18. The predicted octanol–water partition coefficient (Wildman–Crippen LogP) is 1.54. The summed E-state index contributed by atoms with van der Waals surface area (Å²) in [6.45, 7) is 7.84. The van der Waals surface area contributed by atoms with Crippen molar-refractivity contribution in [2.24, 2.45) is 5.92 Å². The quantitative estimate of drug-likeness (QED) is 0.674. The molecule has 0 aromatic carbocycles. The molecule has 1 fully saturated rings. The van der Waals surface area contributed by atoms with Gasteiger partial charge in [-0.1, -0.05) is 13.8 Å². The van der Waals surface area contributed by atoms with Gasteiger partial charge in [0.1, 0.15) is 17.4 Å². The van der Waals surface area contributed by atoms with Crippen molar-refractivity contribution in [3.05, 3.63) is 27.7 Å². The highest BCUT2D eigenvalue weighted by Crippen LogP contribution is 2.28. The highest BCUT2D eigenvalue weighted by Gasteiger charge is 2.36. The van der Waals surface area contributed by atoms with Crippen LogP contribution in [-0.2, 0) is 22.5 Å². The lowest BCUT2D eigenvalue weighted by molar-refractivity contribution is -0.147. The lowest BCUT2D eigenvalue weighted by atomic mass is 9.99. The number of hydrogen-bond donors (Lipinski definition) is 0. The van der Waals surface area contributed by atoms with Gasteiger partial charge in [0, 0.05) is 50.9 Å². The van der Waals surface area contributed by atoms with Crippen LogP contribution in [0, 0.1) is 5.92 Å². The van der Waals surface area contributed by atoms with Crippen molar-refractivity contribution < 1.29 is 19.1 Å². The number of likely N-dealkylation sites (tertiary alicyclic amines) is 1. The summed E-state index contributed by atoms with van der Waals surface area (Å²) in [5, 5.41) is 0. The van der Waals surface area contributed by atoms with Crippen LogP contribution in [0.5, 0.6) is 5.75 Å². The third-order valence-corrected chi connectivity index (χ3v) is 5.98. The third kappa shape index (κ3) is 4.53. The minimum absolute atomic E-state index is 0.159. The van der Waals surface area contributed by atoms with Gasteiger partial charge in [-0.15, -0.1) is 0 Å². The molecule has 0 saturated carbocycles. The number of rotatable bonds is 5. The molecule has 0 bridgehead atoms. The molecule has 8 heteroatoms. The molecule has 0 spiro atoms. The van der Waals surface area contributed by atoms with Gasteiger partial charge in [0.2, 0.25) is 0 Å². The first-order valence-electron chi connectivity index (χ1n) is 10.8. The molecule has 0 unspecified atom stereocenters. The predicted molar refractivity (Wildman–Crippen MR) is 113 cm³/mol. The van der Waals surface area contributed by atoms with Crippen molar-refractivity contribution in [3.8, 4) is 5.75 Å². The smallest absolute Gasteiger partial charge is 0.328 e. The van der Waals surface area contributed by atoms with Crippen molar-refractivity contribution in [2.45, 2.75) is 52.1 Å². The van der Waals surface area contributed by atoms with Crippen molar-refractivity contribution in [1.82, 2.24) is 14.4 Å². The Balaban J connectivity index is 2.01. The number of aromatic nitrogens is 1. The summed E-state index contributed by atoms with van der Waals surface area (Å²) >= 11 is 0. The van der Waals surface area contributed by atoms with Gasteiger partial charge in [-0.2, -0.15) is 0 Å². The molecule has 30 heavy (non-hydrogen) atoms. The van der Waals surface area contributed by atoms with Crippen molar-refractivity contribution in [1.29, 1.82) is 0 Å². The number of pyridine rings is 1. The number of fused-ring (bicyclic) bond motifs is 1. The minimum Gasteiger partial charge on any atom is -0.496 e.